The van der Waals surface area contributed by atoms with E-state index in [0.29, 0.717) is 25.7 Å². The monoisotopic (exact) mass is 1510 g/mol. The number of carbonyl (C=O) groups is 4. The van der Waals surface area contributed by atoms with Gasteiger partial charge in [-0.1, -0.05) is 389 Å². The molecule has 2 unspecified atom stereocenters. The van der Waals surface area contributed by atoms with Crippen LogP contribution in [0.15, 0.2) is 0 Å². The van der Waals surface area contributed by atoms with Gasteiger partial charge in [0.15, 0.2) is 12.2 Å². The number of phosphoric ester groups is 2. The van der Waals surface area contributed by atoms with Crippen molar-refractivity contribution in [1.29, 1.82) is 0 Å². The van der Waals surface area contributed by atoms with Gasteiger partial charge in [-0.2, -0.15) is 0 Å². The van der Waals surface area contributed by atoms with E-state index in [9.17, 15) is 43.2 Å². The average Bonchev–Trinajstić information content (AvgIpc) is 0.990. The van der Waals surface area contributed by atoms with Crippen molar-refractivity contribution in [3.05, 3.63) is 0 Å². The first-order chi connectivity index (χ1) is 49.7. The maximum absolute atomic E-state index is 13.1. The fourth-order valence-corrected chi connectivity index (χ4v) is 14.6. The normalized spacial score (nSPS) is 13.9. The van der Waals surface area contributed by atoms with Gasteiger partial charge in [0.2, 0.25) is 0 Å². The van der Waals surface area contributed by atoms with Crippen LogP contribution in [0.3, 0.4) is 0 Å². The third kappa shape index (κ3) is 78.0. The molecule has 0 rings (SSSR count). The van der Waals surface area contributed by atoms with Crippen LogP contribution >= 0.6 is 15.6 Å². The van der Waals surface area contributed by atoms with Crippen molar-refractivity contribution in [1.82, 2.24) is 0 Å². The summed E-state index contributed by atoms with van der Waals surface area (Å²) in [7, 11) is -9.93. The van der Waals surface area contributed by atoms with Crippen LogP contribution in [0.1, 0.15) is 440 Å². The summed E-state index contributed by atoms with van der Waals surface area (Å²) in [6.07, 6.45) is 63.8. The number of phosphoric acid groups is 2. The minimum Gasteiger partial charge on any atom is -0.462 e. The molecule has 3 N–H and O–H groups in total. The highest BCUT2D eigenvalue weighted by atomic mass is 31.2. The van der Waals surface area contributed by atoms with E-state index in [0.717, 1.165) is 108 Å². The Morgan fingerprint density at radius 1 is 0.262 bits per heavy atom. The standard InChI is InChI=1S/C84H164O17P2/c1-8-9-10-11-12-13-14-22-29-37-44-51-58-65-81(86)94-72-80(101-84(89)68-61-54-47-40-33-32-36-43-50-57-64-77(6)7)74-99-103(92,93)97-70-78(85)69-96-102(90,91)98-73-79(71-95-82(87)66-59-52-45-38-30-26-21-24-28-35-42-49-56-63-76(4)5)100-83(88)67-60-53-46-39-31-25-20-18-16-15-17-19-23-27-34-41-48-55-62-75(2)3/h75-80,85H,8-74H2,1-7H3,(H,90,91)(H,92,93)/t78-,79-,80-/m1/s1. The summed E-state index contributed by atoms with van der Waals surface area (Å²) < 4.78 is 68.8. The molecule has 0 amide bonds. The van der Waals surface area contributed by atoms with Crippen LogP contribution in [0.25, 0.3) is 0 Å². The molecule has 0 aromatic carbocycles. The van der Waals surface area contributed by atoms with E-state index < -0.39 is 97.5 Å². The third-order valence-corrected chi connectivity index (χ3v) is 21.5. The Morgan fingerprint density at radius 2 is 0.447 bits per heavy atom. The lowest BCUT2D eigenvalue weighted by Gasteiger charge is -2.21. The Kier molecular flexibility index (Phi) is 72.8. The van der Waals surface area contributed by atoms with Gasteiger partial charge in [-0.25, -0.2) is 9.13 Å². The van der Waals surface area contributed by atoms with Crippen molar-refractivity contribution in [2.75, 3.05) is 39.6 Å². The second kappa shape index (κ2) is 74.2. The lowest BCUT2D eigenvalue weighted by Crippen LogP contribution is -2.30. The molecule has 612 valence electrons. The summed E-state index contributed by atoms with van der Waals surface area (Å²) in [5, 5.41) is 10.7. The quantitative estimate of drug-likeness (QED) is 0.0222. The summed E-state index contributed by atoms with van der Waals surface area (Å²) in [5.41, 5.74) is 0. The smallest absolute Gasteiger partial charge is 0.462 e. The van der Waals surface area contributed by atoms with Crippen LogP contribution in [0.2, 0.25) is 0 Å². The molecular weight excluding hydrogens is 1340 g/mol. The fourth-order valence-electron chi connectivity index (χ4n) is 13.0. The SMILES string of the molecule is CCCCCCCCCCCCCCCC(=O)OC[C@H](COP(=O)(O)OC[C@H](O)COP(=O)(O)OC[C@@H](COC(=O)CCCCCCCCCCCCCCCC(C)C)OC(=O)CCCCCCCCCCCCCCCCCCCCC(C)C)OC(=O)CCCCCCCCCCCCC(C)C. The van der Waals surface area contributed by atoms with Crippen LogP contribution in [-0.4, -0.2) is 96.7 Å². The average molecular weight is 1510 g/mol. The molecule has 17 nitrogen and oxygen atoms in total. The van der Waals surface area contributed by atoms with E-state index >= 15 is 0 Å². The number of esters is 4. The minimum atomic E-state index is -4.96. The number of unbranched alkanes of at least 4 members (excludes halogenated alkanes) is 50. The predicted molar refractivity (Wildman–Crippen MR) is 423 cm³/mol. The van der Waals surface area contributed by atoms with Crippen LogP contribution in [0.5, 0.6) is 0 Å². The Hall–Kier alpha value is -1.94. The summed E-state index contributed by atoms with van der Waals surface area (Å²) in [6, 6.07) is 0. The van der Waals surface area contributed by atoms with E-state index in [1.165, 1.54) is 250 Å². The van der Waals surface area contributed by atoms with Gasteiger partial charge in [-0.3, -0.25) is 37.3 Å². The van der Waals surface area contributed by atoms with Crippen molar-refractivity contribution in [3.8, 4) is 0 Å². The Morgan fingerprint density at radius 3 is 0.660 bits per heavy atom. The van der Waals surface area contributed by atoms with E-state index in [2.05, 4.69) is 48.5 Å². The van der Waals surface area contributed by atoms with Gasteiger partial charge in [0, 0.05) is 25.7 Å². The molecule has 0 bridgehead atoms. The van der Waals surface area contributed by atoms with Gasteiger partial charge < -0.3 is 33.8 Å². The topological polar surface area (TPSA) is 237 Å². The molecule has 0 aromatic rings. The second-order valence-corrected chi connectivity index (χ2v) is 34.6. The third-order valence-electron chi connectivity index (χ3n) is 19.6. The number of carbonyl (C=O) groups excluding carboxylic acids is 4. The molecule has 0 saturated heterocycles. The maximum Gasteiger partial charge on any atom is 0.472 e. The molecule has 0 radical (unpaired) electrons. The molecule has 0 aromatic heterocycles. The van der Waals surface area contributed by atoms with Crippen molar-refractivity contribution >= 4 is 39.5 Å². The molecule has 0 heterocycles. The molecule has 0 aliphatic heterocycles. The zero-order valence-corrected chi connectivity index (χ0v) is 69.6. The van der Waals surface area contributed by atoms with Gasteiger partial charge in [-0.15, -0.1) is 0 Å². The second-order valence-electron chi connectivity index (χ2n) is 31.6. The summed E-state index contributed by atoms with van der Waals surface area (Å²) >= 11 is 0. The number of ether oxygens (including phenoxy) is 4. The molecule has 5 atom stereocenters. The number of aliphatic hydroxyl groups excluding tert-OH is 1. The first-order valence-corrected chi connectivity index (χ1v) is 46.3. The molecule has 0 spiro atoms. The molecule has 0 saturated carbocycles. The summed E-state index contributed by atoms with van der Waals surface area (Å²) in [6.45, 7) is 12.0. The van der Waals surface area contributed by atoms with Crippen molar-refractivity contribution < 1.29 is 80.2 Å². The van der Waals surface area contributed by atoms with Crippen molar-refractivity contribution in [2.24, 2.45) is 17.8 Å². The number of rotatable bonds is 82. The molecule has 0 aliphatic rings. The van der Waals surface area contributed by atoms with E-state index in [1.54, 1.807) is 0 Å². The number of aliphatic hydroxyl groups is 1. The van der Waals surface area contributed by atoms with Crippen LogP contribution < -0.4 is 0 Å². The molecule has 0 fully saturated rings. The molecule has 19 heteroatoms. The van der Waals surface area contributed by atoms with Gasteiger partial charge in [-0.05, 0) is 43.4 Å². The largest absolute Gasteiger partial charge is 0.472 e. The zero-order chi connectivity index (χ0) is 75.8. The zero-order valence-electron chi connectivity index (χ0n) is 67.8. The van der Waals surface area contributed by atoms with E-state index in [4.69, 9.17) is 37.0 Å². The summed E-state index contributed by atoms with van der Waals surface area (Å²) in [4.78, 5) is 73.2. The molecule has 103 heavy (non-hydrogen) atoms. The highest BCUT2D eigenvalue weighted by molar-refractivity contribution is 7.47. The fraction of sp³-hybridized carbons (Fsp3) is 0.952. The van der Waals surface area contributed by atoms with E-state index in [-0.39, 0.29) is 25.7 Å². The van der Waals surface area contributed by atoms with Gasteiger partial charge in [0.25, 0.3) is 0 Å². The minimum absolute atomic E-state index is 0.106. The van der Waals surface area contributed by atoms with E-state index in [1.807, 2.05) is 0 Å². The number of hydrogen-bond donors (Lipinski definition) is 3. The highest BCUT2D eigenvalue weighted by Crippen LogP contribution is 2.45. The van der Waals surface area contributed by atoms with Crippen LogP contribution in [0, 0.1) is 17.8 Å². The molecule has 0 aliphatic carbocycles. The Labute approximate surface area is 632 Å². The van der Waals surface area contributed by atoms with Crippen molar-refractivity contribution in [3.63, 3.8) is 0 Å². The van der Waals surface area contributed by atoms with Gasteiger partial charge in [0.05, 0.1) is 26.4 Å². The van der Waals surface area contributed by atoms with Crippen LogP contribution in [0.4, 0.5) is 0 Å². The lowest BCUT2D eigenvalue weighted by atomic mass is 10.0. The lowest BCUT2D eigenvalue weighted by molar-refractivity contribution is -0.161. The van der Waals surface area contributed by atoms with Crippen molar-refractivity contribution in [2.45, 2.75) is 458 Å². The Balaban J connectivity index is 5.25. The maximum atomic E-state index is 13.1. The summed E-state index contributed by atoms with van der Waals surface area (Å²) in [5.74, 6) is 0.258. The molecular formula is C84H164O17P2. The first kappa shape index (κ1) is 101. The Bertz CT molecular complexity index is 1990. The van der Waals surface area contributed by atoms with Gasteiger partial charge >= 0.3 is 39.5 Å². The number of hydrogen-bond acceptors (Lipinski definition) is 15. The first-order valence-electron chi connectivity index (χ1n) is 43.3. The highest BCUT2D eigenvalue weighted by Gasteiger charge is 2.30. The van der Waals surface area contributed by atoms with Crippen LogP contribution in [-0.2, 0) is 65.4 Å². The van der Waals surface area contributed by atoms with Gasteiger partial charge in [0.1, 0.15) is 19.3 Å². The predicted octanol–water partition coefficient (Wildman–Crippen LogP) is 25.3.